The minimum Gasteiger partial charge on any atom is -0.192 e. The molecule has 0 amide bonds. The molecule has 0 heterocycles. The summed E-state index contributed by atoms with van der Waals surface area (Å²) in [4.78, 5) is 9.96. The van der Waals surface area contributed by atoms with E-state index in [0.29, 0.717) is 6.16 Å². The van der Waals surface area contributed by atoms with Crippen LogP contribution in [0.3, 0.4) is 0 Å². The van der Waals surface area contributed by atoms with Crippen molar-refractivity contribution in [2.45, 2.75) is 59.8 Å². The average molecular weight is 329 g/mol. The third-order valence-electron chi connectivity index (χ3n) is 3.86. The minimum absolute atomic E-state index is 0.454. The summed E-state index contributed by atoms with van der Waals surface area (Å²) < 4.78 is 10.1. The molecule has 0 aliphatic heterocycles. The standard InChI is InChI=1S/C18H34O3P/c1-7-16(2)10-8-11-17(3)12-9-13-18(4)14-15-22(19,20-5)21-6/h10,12,14,19H,7-9,11,13,15H2,1-6H3/q+1. The molecule has 0 aliphatic carbocycles. The molecule has 0 unspecified atom stereocenters. The van der Waals surface area contributed by atoms with Crippen molar-refractivity contribution in [3.63, 3.8) is 0 Å². The third-order valence-corrected chi connectivity index (χ3v) is 5.65. The van der Waals surface area contributed by atoms with Crippen LogP contribution in [-0.4, -0.2) is 25.3 Å². The molecule has 0 aromatic carbocycles. The second-order valence-electron chi connectivity index (χ2n) is 5.77. The molecule has 0 atom stereocenters. The first kappa shape index (κ1) is 21.5. The fourth-order valence-electron chi connectivity index (χ4n) is 1.94. The Morgan fingerprint density at radius 3 is 1.77 bits per heavy atom. The summed E-state index contributed by atoms with van der Waals surface area (Å²) in [7, 11) is 0.313. The van der Waals surface area contributed by atoms with Crippen molar-refractivity contribution in [2.75, 3.05) is 20.4 Å². The van der Waals surface area contributed by atoms with Gasteiger partial charge in [-0.15, -0.1) is 0 Å². The molecular weight excluding hydrogens is 295 g/mol. The summed E-state index contributed by atoms with van der Waals surface area (Å²) in [6.45, 7) is 8.68. The fourth-order valence-corrected chi connectivity index (χ4v) is 2.93. The highest BCUT2D eigenvalue weighted by molar-refractivity contribution is 7.60. The number of hydrogen-bond acceptors (Lipinski definition) is 3. The van der Waals surface area contributed by atoms with Crippen LogP contribution in [0.5, 0.6) is 0 Å². The monoisotopic (exact) mass is 329 g/mol. The van der Waals surface area contributed by atoms with Crippen LogP contribution in [0.15, 0.2) is 34.9 Å². The molecule has 0 saturated carbocycles. The van der Waals surface area contributed by atoms with E-state index in [4.69, 9.17) is 9.05 Å². The van der Waals surface area contributed by atoms with Crippen LogP contribution >= 0.6 is 7.94 Å². The topological polar surface area (TPSA) is 38.7 Å². The maximum Gasteiger partial charge on any atom is 0.412 e. The van der Waals surface area contributed by atoms with Gasteiger partial charge in [-0.2, -0.15) is 13.9 Å². The van der Waals surface area contributed by atoms with Crippen LogP contribution in [-0.2, 0) is 9.05 Å². The summed E-state index contributed by atoms with van der Waals surface area (Å²) in [5.41, 5.74) is 4.18. The van der Waals surface area contributed by atoms with E-state index in [2.05, 4.69) is 39.8 Å². The predicted octanol–water partition coefficient (Wildman–Crippen LogP) is 5.84. The first-order valence-corrected chi connectivity index (χ1v) is 9.82. The summed E-state index contributed by atoms with van der Waals surface area (Å²) in [6.07, 6.45) is 12.6. The molecule has 4 heteroatoms. The maximum atomic E-state index is 9.96. The Bertz CT molecular complexity index is 393. The highest BCUT2D eigenvalue weighted by Gasteiger charge is 2.35. The molecule has 22 heavy (non-hydrogen) atoms. The van der Waals surface area contributed by atoms with Crippen molar-refractivity contribution in [1.82, 2.24) is 0 Å². The van der Waals surface area contributed by atoms with Crippen LogP contribution in [0.1, 0.15) is 59.8 Å². The van der Waals surface area contributed by atoms with Gasteiger partial charge in [0.25, 0.3) is 0 Å². The van der Waals surface area contributed by atoms with Crippen molar-refractivity contribution in [2.24, 2.45) is 0 Å². The minimum atomic E-state index is -2.66. The van der Waals surface area contributed by atoms with Crippen LogP contribution < -0.4 is 0 Å². The SMILES string of the molecule is CCC(C)=CCCC(C)=CCCC(C)=CC[P+](O)(OC)OC. The van der Waals surface area contributed by atoms with E-state index in [9.17, 15) is 4.89 Å². The van der Waals surface area contributed by atoms with Crippen LogP contribution in [0.4, 0.5) is 0 Å². The molecule has 0 bridgehead atoms. The second-order valence-corrected chi connectivity index (χ2v) is 8.14. The van der Waals surface area contributed by atoms with Crippen molar-refractivity contribution >= 4 is 7.94 Å². The average Bonchev–Trinajstić information content (AvgIpc) is 2.52. The lowest BCUT2D eigenvalue weighted by Crippen LogP contribution is -2.00. The molecule has 128 valence electrons. The Labute approximate surface area is 137 Å². The molecular formula is C18H34O3P+. The van der Waals surface area contributed by atoms with Gasteiger partial charge in [0.2, 0.25) is 0 Å². The molecule has 0 rings (SSSR count). The van der Waals surface area contributed by atoms with Gasteiger partial charge in [0.15, 0.2) is 6.16 Å². The normalized spacial score (nSPS) is 14.6. The Morgan fingerprint density at radius 1 is 0.864 bits per heavy atom. The Kier molecular flexibility index (Phi) is 11.8. The number of rotatable bonds is 11. The summed E-state index contributed by atoms with van der Waals surface area (Å²) >= 11 is 0. The lowest BCUT2D eigenvalue weighted by molar-refractivity contribution is 0.243. The van der Waals surface area contributed by atoms with Gasteiger partial charge < -0.3 is 0 Å². The zero-order valence-corrected chi connectivity index (χ0v) is 16.1. The molecule has 0 aliphatic rings. The number of allylic oxidation sites excluding steroid dienone is 6. The van der Waals surface area contributed by atoms with Gasteiger partial charge in [-0.25, -0.2) is 0 Å². The highest BCUT2D eigenvalue weighted by atomic mass is 31.2. The van der Waals surface area contributed by atoms with Gasteiger partial charge in [0.05, 0.1) is 14.2 Å². The largest absolute Gasteiger partial charge is 0.412 e. The summed E-state index contributed by atoms with van der Waals surface area (Å²) in [5, 5.41) is 0. The maximum absolute atomic E-state index is 9.96. The Morgan fingerprint density at radius 2 is 1.32 bits per heavy atom. The van der Waals surface area contributed by atoms with Crippen molar-refractivity contribution in [3.8, 4) is 0 Å². The van der Waals surface area contributed by atoms with Crippen molar-refractivity contribution in [1.29, 1.82) is 0 Å². The van der Waals surface area contributed by atoms with E-state index >= 15 is 0 Å². The zero-order valence-electron chi connectivity index (χ0n) is 15.2. The fraction of sp³-hybridized carbons (Fsp3) is 0.667. The van der Waals surface area contributed by atoms with E-state index in [1.54, 1.807) is 0 Å². The van der Waals surface area contributed by atoms with Gasteiger partial charge in [-0.3, -0.25) is 0 Å². The predicted molar refractivity (Wildman–Crippen MR) is 98.1 cm³/mol. The first-order valence-electron chi connectivity index (χ1n) is 8.06. The summed E-state index contributed by atoms with van der Waals surface area (Å²) in [5.74, 6) is 0. The quantitative estimate of drug-likeness (QED) is 0.382. The lowest BCUT2D eigenvalue weighted by atomic mass is 10.1. The summed E-state index contributed by atoms with van der Waals surface area (Å²) in [6, 6.07) is 0. The van der Waals surface area contributed by atoms with E-state index in [0.717, 1.165) is 32.1 Å². The molecule has 0 fully saturated rings. The van der Waals surface area contributed by atoms with Gasteiger partial charge >= 0.3 is 7.94 Å². The van der Waals surface area contributed by atoms with Crippen molar-refractivity contribution in [3.05, 3.63) is 34.9 Å². The second kappa shape index (κ2) is 12.0. The van der Waals surface area contributed by atoms with Gasteiger partial charge in [-0.1, -0.05) is 35.8 Å². The number of hydrogen-bond donors (Lipinski definition) is 1. The molecule has 1 N–H and O–H groups in total. The zero-order chi connectivity index (χ0) is 17.0. The third kappa shape index (κ3) is 10.3. The van der Waals surface area contributed by atoms with E-state index in [1.165, 1.54) is 30.9 Å². The van der Waals surface area contributed by atoms with Gasteiger partial charge in [0.1, 0.15) is 0 Å². The van der Waals surface area contributed by atoms with Gasteiger partial charge in [0, 0.05) is 0 Å². The smallest absolute Gasteiger partial charge is 0.192 e. The highest BCUT2D eigenvalue weighted by Crippen LogP contribution is 2.55. The first-order chi connectivity index (χ1) is 10.4. The molecule has 3 nitrogen and oxygen atoms in total. The lowest BCUT2D eigenvalue weighted by Gasteiger charge is -2.11. The van der Waals surface area contributed by atoms with Crippen LogP contribution in [0.25, 0.3) is 0 Å². The van der Waals surface area contributed by atoms with Crippen molar-refractivity contribution < 1.29 is 13.9 Å². The van der Waals surface area contributed by atoms with E-state index in [-0.39, 0.29) is 0 Å². The molecule has 0 saturated heterocycles. The van der Waals surface area contributed by atoms with Crippen LogP contribution in [0, 0.1) is 0 Å². The van der Waals surface area contributed by atoms with E-state index < -0.39 is 7.94 Å². The molecule has 0 spiro atoms. The Balaban J connectivity index is 4.14. The molecule has 0 aromatic rings. The van der Waals surface area contributed by atoms with Gasteiger partial charge in [-0.05, 0) is 59.0 Å². The molecule has 0 radical (unpaired) electrons. The van der Waals surface area contributed by atoms with E-state index in [1.807, 2.05) is 6.08 Å². The van der Waals surface area contributed by atoms with Crippen LogP contribution in [0.2, 0.25) is 0 Å². The Hall–Kier alpha value is -0.470. The molecule has 0 aromatic heterocycles.